The first-order chi connectivity index (χ1) is 8.67. The molecular formula is C14H20N2O2. The molecule has 18 heavy (non-hydrogen) atoms. The van der Waals surface area contributed by atoms with Gasteiger partial charge in [0.2, 0.25) is 0 Å². The van der Waals surface area contributed by atoms with E-state index in [9.17, 15) is 9.59 Å². The lowest BCUT2D eigenvalue weighted by Gasteiger charge is -2.04. The maximum Gasteiger partial charge on any atom is 0.328 e. The van der Waals surface area contributed by atoms with Crippen molar-refractivity contribution < 1.29 is 0 Å². The van der Waals surface area contributed by atoms with Crippen LogP contribution in [-0.4, -0.2) is 9.55 Å². The van der Waals surface area contributed by atoms with Gasteiger partial charge in [0, 0.05) is 6.54 Å². The van der Waals surface area contributed by atoms with Gasteiger partial charge in [-0.1, -0.05) is 26.8 Å². The number of nitrogens with one attached hydrogen (secondary N) is 1. The number of H-pyrrole nitrogens is 1. The highest BCUT2D eigenvalue weighted by Crippen LogP contribution is 2.09. The Labute approximate surface area is 106 Å². The van der Waals surface area contributed by atoms with Crippen LogP contribution in [0.5, 0.6) is 0 Å². The number of hydrogen-bond donors (Lipinski definition) is 1. The van der Waals surface area contributed by atoms with E-state index in [0.29, 0.717) is 17.4 Å². The van der Waals surface area contributed by atoms with Crippen molar-refractivity contribution in [3.05, 3.63) is 44.6 Å². The maximum atomic E-state index is 11.9. The zero-order chi connectivity index (χ0) is 13.7. The van der Waals surface area contributed by atoms with E-state index >= 15 is 0 Å². The van der Waals surface area contributed by atoms with Gasteiger partial charge in [-0.25, -0.2) is 4.79 Å². The van der Waals surface area contributed by atoms with Crippen LogP contribution in [0.15, 0.2) is 27.8 Å². The topological polar surface area (TPSA) is 54.9 Å². The van der Waals surface area contributed by atoms with E-state index in [4.69, 9.17) is 0 Å². The third-order valence-electron chi connectivity index (χ3n) is 2.77. The molecule has 0 radical (unpaired) electrons. The van der Waals surface area contributed by atoms with Crippen molar-refractivity contribution in [2.75, 3.05) is 0 Å². The van der Waals surface area contributed by atoms with Crippen molar-refractivity contribution in [1.82, 2.24) is 9.55 Å². The number of nitrogens with zero attached hydrogens (tertiary/aromatic N) is 1. The number of aromatic nitrogens is 2. The van der Waals surface area contributed by atoms with Gasteiger partial charge < -0.3 is 4.98 Å². The molecule has 0 atom stereocenters. The number of benzene rings is 1. The van der Waals surface area contributed by atoms with Gasteiger partial charge in [0.25, 0.3) is 5.56 Å². The SMILES string of the molecule is CC.CCc1ccc2c(=O)n(CC)c(=O)[nH]c2c1. The number of aromatic amines is 1. The molecule has 2 rings (SSSR count). The lowest BCUT2D eigenvalue weighted by molar-refractivity contribution is 0.684. The predicted octanol–water partition coefficient (Wildman–Crippen LogP) is 2.30. The fourth-order valence-electron chi connectivity index (χ4n) is 1.81. The number of fused-ring (bicyclic) bond motifs is 1. The van der Waals surface area contributed by atoms with Crippen molar-refractivity contribution in [3.63, 3.8) is 0 Å². The molecule has 0 saturated carbocycles. The molecule has 2 aromatic rings. The first-order valence-electron chi connectivity index (χ1n) is 6.43. The average molecular weight is 248 g/mol. The monoisotopic (exact) mass is 248 g/mol. The predicted molar refractivity (Wildman–Crippen MR) is 75.2 cm³/mol. The highest BCUT2D eigenvalue weighted by atomic mass is 16.2. The van der Waals surface area contributed by atoms with E-state index in [2.05, 4.69) is 4.98 Å². The van der Waals surface area contributed by atoms with E-state index in [0.717, 1.165) is 12.0 Å². The number of rotatable bonds is 2. The molecule has 4 heteroatoms. The Kier molecular flexibility index (Phi) is 4.89. The Morgan fingerprint density at radius 2 is 1.83 bits per heavy atom. The zero-order valence-corrected chi connectivity index (χ0v) is 11.4. The summed E-state index contributed by atoms with van der Waals surface area (Å²) in [7, 11) is 0. The summed E-state index contributed by atoms with van der Waals surface area (Å²) in [6.07, 6.45) is 0.884. The van der Waals surface area contributed by atoms with Crippen LogP contribution in [0.1, 0.15) is 33.3 Å². The zero-order valence-electron chi connectivity index (χ0n) is 11.4. The van der Waals surface area contributed by atoms with Gasteiger partial charge in [0.05, 0.1) is 10.9 Å². The Morgan fingerprint density at radius 3 is 2.39 bits per heavy atom. The van der Waals surface area contributed by atoms with Crippen molar-refractivity contribution in [1.29, 1.82) is 0 Å². The molecule has 1 heterocycles. The van der Waals surface area contributed by atoms with Gasteiger partial charge in [0.15, 0.2) is 0 Å². The van der Waals surface area contributed by atoms with Crippen LogP contribution >= 0.6 is 0 Å². The van der Waals surface area contributed by atoms with Crippen LogP contribution in [0.3, 0.4) is 0 Å². The van der Waals surface area contributed by atoms with Crippen LogP contribution in [0.2, 0.25) is 0 Å². The van der Waals surface area contributed by atoms with Crippen molar-refractivity contribution in [2.24, 2.45) is 0 Å². The molecule has 1 N–H and O–H groups in total. The summed E-state index contributed by atoms with van der Waals surface area (Å²) >= 11 is 0. The maximum absolute atomic E-state index is 11.9. The molecule has 0 unspecified atom stereocenters. The van der Waals surface area contributed by atoms with Crippen molar-refractivity contribution >= 4 is 10.9 Å². The molecule has 1 aromatic heterocycles. The lowest BCUT2D eigenvalue weighted by atomic mass is 10.1. The average Bonchev–Trinajstić information content (AvgIpc) is 2.40. The molecular weight excluding hydrogens is 228 g/mol. The summed E-state index contributed by atoms with van der Waals surface area (Å²) in [4.78, 5) is 26.2. The Morgan fingerprint density at radius 1 is 1.17 bits per heavy atom. The summed E-state index contributed by atoms with van der Waals surface area (Å²) in [5.41, 5.74) is 1.17. The second kappa shape index (κ2) is 6.19. The van der Waals surface area contributed by atoms with Crippen LogP contribution in [0, 0.1) is 0 Å². The molecule has 1 aromatic carbocycles. The molecule has 0 fully saturated rings. The fourth-order valence-corrected chi connectivity index (χ4v) is 1.81. The smallest absolute Gasteiger partial charge is 0.307 e. The van der Waals surface area contributed by atoms with Gasteiger partial charge in [-0.2, -0.15) is 0 Å². The highest BCUT2D eigenvalue weighted by Gasteiger charge is 2.05. The molecule has 4 nitrogen and oxygen atoms in total. The second-order valence-corrected chi connectivity index (χ2v) is 3.71. The highest BCUT2D eigenvalue weighted by molar-refractivity contribution is 5.77. The molecule has 0 aliphatic carbocycles. The Hall–Kier alpha value is -1.84. The normalized spacial score (nSPS) is 10.0. The van der Waals surface area contributed by atoms with E-state index in [1.807, 2.05) is 32.9 Å². The summed E-state index contributed by atoms with van der Waals surface area (Å²) < 4.78 is 1.20. The summed E-state index contributed by atoms with van der Waals surface area (Å²) in [6, 6.07) is 5.55. The standard InChI is InChI=1S/C12H14N2O2.C2H6/c1-3-8-5-6-9-10(7-8)13-12(16)14(4-2)11(9)15;1-2/h5-7H,3-4H2,1-2H3,(H,13,16);1-2H3. The molecule has 0 amide bonds. The van der Waals surface area contributed by atoms with E-state index in [-0.39, 0.29) is 11.2 Å². The van der Waals surface area contributed by atoms with Crippen LogP contribution in [0.4, 0.5) is 0 Å². The third kappa shape index (κ3) is 2.53. The molecule has 0 saturated heterocycles. The summed E-state index contributed by atoms with van der Waals surface area (Å²) in [6.45, 7) is 8.20. The third-order valence-corrected chi connectivity index (χ3v) is 2.77. The number of aryl methyl sites for hydroxylation is 1. The molecule has 0 aliphatic rings. The minimum absolute atomic E-state index is 0.219. The Balaban J connectivity index is 0.000000771. The second-order valence-electron chi connectivity index (χ2n) is 3.71. The van der Waals surface area contributed by atoms with E-state index in [1.165, 1.54) is 4.57 Å². The first kappa shape index (κ1) is 14.2. The van der Waals surface area contributed by atoms with Gasteiger partial charge in [-0.05, 0) is 31.0 Å². The van der Waals surface area contributed by atoms with Gasteiger partial charge >= 0.3 is 5.69 Å². The van der Waals surface area contributed by atoms with Crippen LogP contribution in [-0.2, 0) is 13.0 Å². The van der Waals surface area contributed by atoms with Crippen molar-refractivity contribution in [3.8, 4) is 0 Å². The Bertz CT molecular complexity index is 638. The molecule has 0 aliphatic heterocycles. The lowest BCUT2D eigenvalue weighted by Crippen LogP contribution is -2.34. The molecule has 0 spiro atoms. The minimum Gasteiger partial charge on any atom is -0.307 e. The molecule has 0 bridgehead atoms. The minimum atomic E-state index is -0.340. The fraction of sp³-hybridized carbons (Fsp3) is 0.429. The van der Waals surface area contributed by atoms with Gasteiger partial charge in [-0.15, -0.1) is 0 Å². The van der Waals surface area contributed by atoms with Crippen LogP contribution in [0.25, 0.3) is 10.9 Å². The van der Waals surface area contributed by atoms with Gasteiger partial charge in [-0.3, -0.25) is 9.36 Å². The van der Waals surface area contributed by atoms with E-state index < -0.39 is 0 Å². The number of hydrogen-bond acceptors (Lipinski definition) is 2. The van der Waals surface area contributed by atoms with Crippen LogP contribution < -0.4 is 11.2 Å². The molecule has 98 valence electrons. The summed E-state index contributed by atoms with van der Waals surface area (Å²) in [5.74, 6) is 0. The summed E-state index contributed by atoms with van der Waals surface area (Å²) in [5, 5.41) is 0.568. The first-order valence-corrected chi connectivity index (χ1v) is 6.43. The van der Waals surface area contributed by atoms with Crippen molar-refractivity contribution in [2.45, 2.75) is 40.7 Å². The largest absolute Gasteiger partial charge is 0.328 e. The van der Waals surface area contributed by atoms with E-state index in [1.54, 1.807) is 13.0 Å². The van der Waals surface area contributed by atoms with Gasteiger partial charge in [0.1, 0.15) is 0 Å². The quantitative estimate of drug-likeness (QED) is 0.886.